The summed E-state index contributed by atoms with van der Waals surface area (Å²) in [7, 11) is 0. The molecule has 8 nitrogen and oxygen atoms in total. The molecular formula is C53H36N8. The zero-order chi connectivity index (χ0) is 40.3. The standard InChI is InChI=1S/C53H36N8/c1-5-18-35(19-6-1)49-54-50(36-20-7-2-8-21-36)56-53(55-49)61-46-31-16-13-26-40(46)42-28-17-29-43(48(42)61)52-58-57-51(60(52)39-24-11-4-12-25-39)37-32-33-47-44(34-37)41-27-14-15-30-45(41)59(47)38-22-9-3-10-23-38/h1-22,24-34,38H,23H2. The highest BCUT2D eigenvalue weighted by Crippen LogP contribution is 2.41. The maximum Gasteiger partial charge on any atom is 0.238 e. The van der Waals surface area contributed by atoms with Crippen LogP contribution >= 0.6 is 0 Å². The fourth-order valence-corrected chi connectivity index (χ4v) is 9.03. The van der Waals surface area contributed by atoms with E-state index in [1.54, 1.807) is 0 Å². The van der Waals surface area contributed by atoms with E-state index in [2.05, 4.69) is 147 Å². The van der Waals surface area contributed by atoms with Crippen LogP contribution in [0.15, 0.2) is 200 Å². The number of para-hydroxylation sites is 4. The topological polar surface area (TPSA) is 79.2 Å². The summed E-state index contributed by atoms with van der Waals surface area (Å²) in [6.07, 6.45) is 9.77. The van der Waals surface area contributed by atoms with E-state index in [9.17, 15) is 0 Å². The third kappa shape index (κ3) is 5.72. The predicted molar refractivity (Wildman–Crippen MR) is 246 cm³/mol. The molecule has 0 saturated carbocycles. The Bertz CT molecular complexity index is 3450. The molecule has 0 amide bonds. The Morgan fingerprint density at radius 2 is 1.05 bits per heavy atom. The second-order valence-electron chi connectivity index (χ2n) is 15.3. The Balaban J connectivity index is 1.11. The van der Waals surface area contributed by atoms with Crippen molar-refractivity contribution in [1.29, 1.82) is 0 Å². The fourth-order valence-electron chi connectivity index (χ4n) is 9.03. The molecule has 12 rings (SSSR count). The molecule has 0 bridgehead atoms. The molecule has 7 aromatic carbocycles. The highest BCUT2D eigenvalue weighted by Gasteiger charge is 2.25. The van der Waals surface area contributed by atoms with Crippen LogP contribution in [0, 0.1) is 0 Å². The first-order valence-electron chi connectivity index (χ1n) is 20.6. The number of nitrogens with zero attached hydrogens (tertiary/aromatic N) is 8. The lowest BCUT2D eigenvalue weighted by Gasteiger charge is -2.18. The van der Waals surface area contributed by atoms with Gasteiger partial charge in [-0.15, -0.1) is 10.2 Å². The summed E-state index contributed by atoms with van der Waals surface area (Å²) >= 11 is 0. The zero-order valence-corrected chi connectivity index (χ0v) is 32.9. The highest BCUT2D eigenvalue weighted by atomic mass is 15.3. The lowest BCUT2D eigenvalue weighted by atomic mass is 10.1. The number of hydrogen-bond donors (Lipinski definition) is 0. The molecule has 288 valence electrons. The van der Waals surface area contributed by atoms with E-state index in [1.165, 1.54) is 21.8 Å². The maximum atomic E-state index is 5.22. The Kier molecular flexibility index (Phi) is 8.12. The summed E-state index contributed by atoms with van der Waals surface area (Å²) in [6.45, 7) is 0. The van der Waals surface area contributed by atoms with E-state index in [1.807, 2.05) is 66.7 Å². The van der Waals surface area contributed by atoms with Crippen LogP contribution in [0.3, 0.4) is 0 Å². The summed E-state index contributed by atoms with van der Waals surface area (Å²) in [5.74, 6) is 3.16. The van der Waals surface area contributed by atoms with E-state index < -0.39 is 0 Å². The van der Waals surface area contributed by atoms with E-state index >= 15 is 0 Å². The highest BCUT2D eigenvalue weighted by molar-refractivity contribution is 6.13. The van der Waals surface area contributed by atoms with Crippen molar-refractivity contribution >= 4 is 43.6 Å². The lowest BCUT2D eigenvalue weighted by Crippen LogP contribution is -2.07. The van der Waals surface area contributed by atoms with Crippen molar-refractivity contribution in [2.24, 2.45) is 0 Å². The normalized spacial score (nSPS) is 13.9. The number of rotatable bonds is 7. The molecule has 0 fully saturated rings. The molecule has 1 unspecified atom stereocenters. The molecule has 11 aromatic rings. The van der Waals surface area contributed by atoms with Gasteiger partial charge in [0.05, 0.1) is 17.1 Å². The molecule has 0 radical (unpaired) electrons. The molecule has 0 spiro atoms. The fraction of sp³-hybridized carbons (Fsp3) is 0.0377. The summed E-state index contributed by atoms with van der Waals surface area (Å²) in [6, 6.07) is 61.1. The molecule has 1 atom stereocenters. The molecule has 1 aliphatic rings. The monoisotopic (exact) mass is 784 g/mol. The van der Waals surface area contributed by atoms with Gasteiger partial charge in [0.25, 0.3) is 0 Å². The molecule has 0 saturated heterocycles. The van der Waals surface area contributed by atoms with E-state index in [0.29, 0.717) is 23.4 Å². The van der Waals surface area contributed by atoms with Gasteiger partial charge in [-0.05, 0) is 55.0 Å². The second-order valence-corrected chi connectivity index (χ2v) is 15.3. The predicted octanol–water partition coefficient (Wildman–Crippen LogP) is 12.4. The Hall–Kier alpha value is -8.23. The van der Waals surface area contributed by atoms with Crippen molar-refractivity contribution in [3.63, 3.8) is 0 Å². The van der Waals surface area contributed by atoms with Crippen molar-refractivity contribution in [3.8, 4) is 57.2 Å². The van der Waals surface area contributed by atoms with Crippen LogP contribution in [0.4, 0.5) is 0 Å². The first-order valence-corrected chi connectivity index (χ1v) is 20.6. The minimum absolute atomic E-state index is 0.238. The molecule has 8 heteroatoms. The molecule has 4 heterocycles. The zero-order valence-electron chi connectivity index (χ0n) is 32.9. The Morgan fingerprint density at radius 1 is 0.443 bits per heavy atom. The average molecular weight is 785 g/mol. The molecular weight excluding hydrogens is 749 g/mol. The molecule has 0 N–H and O–H groups in total. The number of aromatic nitrogens is 8. The Morgan fingerprint density at radius 3 is 1.75 bits per heavy atom. The van der Waals surface area contributed by atoms with Crippen LogP contribution in [0.5, 0.6) is 0 Å². The van der Waals surface area contributed by atoms with Gasteiger partial charge in [-0.25, -0.2) is 4.98 Å². The first-order chi connectivity index (χ1) is 30.3. The number of benzene rings is 7. The average Bonchev–Trinajstić information content (AvgIpc) is 4.03. The lowest BCUT2D eigenvalue weighted by molar-refractivity contribution is 0.648. The largest absolute Gasteiger partial charge is 0.333 e. The van der Waals surface area contributed by atoms with Crippen LogP contribution in [-0.4, -0.2) is 38.9 Å². The van der Waals surface area contributed by atoms with E-state index in [4.69, 9.17) is 25.1 Å². The second kappa shape index (κ2) is 14.2. The summed E-state index contributed by atoms with van der Waals surface area (Å²) in [5.41, 5.74) is 8.95. The van der Waals surface area contributed by atoms with Crippen LogP contribution in [0.2, 0.25) is 0 Å². The Labute approximate surface area is 351 Å². The van der Waals surface area contributed by atoms with Gasteiger partial charge in [-0.1, -0.05) is 152 Å². The molecule has 4 aromatic heterocycles. The van der Waals surface area contributed by atoms with Crippen LogP contribution in [0.1, 0.15) is 12.5 Å². The van der Waals surface area contributed by atoms with Gasteiger partial charge in [0.15, 0.2) is 23.3 Å². The van der Waals surface area contributed by atoms with Crippen molar-refractivity contribution in [1.82, 2.24) is 38.9 Å². The quantitative estimate of drug-likeness (QED) is 0.161. The minimum Gasteiger partial charge on any atom is -0.333 e. The van der Waals surface area contributed by atoms with Crippen LogP contribution in [0.25, 0.3) is 101 Å². The van der Waals surface area contributed by atoms with Crippen molar-refractivity contribution in [2.75, 3.05) is 0 Å². The summed E-state index contributed by atoms with van der Waals surface area (Å²) in [4.78, 5) is 15.4. The SMILES string of the molecule is C1=CCC(n2c3ccccc3c3cc(-c4nnc(-c5cccc6c7ccccc7n(-c7nc(-c8ccccc8)nc(-c8ccccc8)n7)c56)n4-c4ccccc4)ccc32)C=C1. The maximum absolute atomic E-state index is 5.22. The number of allylic oxidation sites excluding steroid dienone is 4. The van der Waals surface area contributed by atoms with Crippen molar-refractivity contribution in [3.05, 3.63) is 200 Å². The number of fused-ring (bicyclic) bond motifs is 6. The third-order valence-corrected chi connectivity index (χ3v) is 11.8. The van der Waals surface area contributed by atoms with Gasteiger partial charge in [-0.2, -0.15) is 9.97 Å². The summed E-state index contributed by atoms with van der Waals surface area (Å²) < 4.78 is 6.82. The smallest absolute Gasteiger partial charge is 0.238 e. The van der Waals surface area contributed by atoms with Crippen molar-refractivity contribution < 1.29 is 0 Å². The van der Waals surface area contributed by atoms with E-state index in [0.717, 1.165) is 62.0 Å². The molecule has 0 aliphatic heterocycles. The van der Waals surface area contributed by atoms with E-state index in [-0.39, 0.29) is 6.04 Å². The van der Waals surface area contributed by atoms with Gasteiger partial charge < -0.3 is 4.57 Å². The van der Waals surface area contributed by atoms with Gasteiger partial charge in [0, 0.05) is 60.5 Å². The minimum atomic E-state index is 0.238. The molecule has 1 aliphatic carbocycles. The van der Waals surface area contributed by atoms with Gasteiger partial charge in [0.2, 0.25) is 5.95 Å². The van der Waals surface area contributed by atoms with Crippen LogP contribution in [-0.2, 0) is 0 Å². The number of hydrogen-bond acceptors (Lipinski definition) is 5. The van der Waals surface area contributed by atoms with Gasteiger partial charge in [0.1, 0.15) is 0 Å². The first kappa shape index (κ1) is 34.8. The van der Waals surface area contributed by atoms with Crippen molar-refractivity contribution in [2.45, 2.75) is 12.5 Å². The van der Waals surface area contributed by atoms with Gasteiger partial charge >= 0.3 is 0 Å². The molecule has 61 heavy (non-hydrogen) atoms. The van der Waals surface area contributed by atoms with Crippen LogP contribution < -0.4 is 0 Å². The third-order valence-electron chi connectivity index (χ3n) is 11.8. The van der Waals surface area contributed by atoms with Gasteiger partial charge in [-0.3, -0.25) is 9.13 Å². The summed E-state index contributed by atoms with van der Waals surface area (Å²) in [5, 5.41) is 14.6.